The Morgan fingerprint density at radius 2 is 1.93 bits per heavy atom. The van der Waals surface area contributed by atoms with E-state index in [9.17, 15) is 23.6 Å². The van der Waals surface area contributed by atoms with E-state index in [0.29, 0.717) is 0 Å². The number of nitrogens with zero attached hydrogens (tertiary/aromatic N) is 1. The second-order valence-corrected chi connectivity index (χ2v) is 8.82. The van der Waals surface area contributed by atoms with E-state index in [0.717, 1.165) is 23.9 Å². The van der Waals surface area contributed by atoms with Crippen LogP contribution in [0.15, 0.2) is 21.9 Å². The first kappa shape index (κ1) is 23.1. The van der Waals surface area contributed by atoms with Gasteiger partial charge in [0, 0.05) is 26.5 Å². The average Bonchev–Trinajstić information content (AvgIpc) is 2.95. The third-order valence-electron chi connectivity index (χ3n) is 3.85. The van der Waals surface area contributed by atoms with Crippen LogP contribution in [0.4, 0.5) is 0 Å². The van der Waals surface area contributed by atoms with E-state index >= 15 is 0 Å². The first-order valence-electron chi connectivity index (χ1n) is 7.66. The molecule has 5 atom stereocenters. The van der Waals surface area contributed by atoms with Crippen LogP contribution in [0.2, 0.25) is 0 Å². The smallest absolute Gasteiger partial charge is 0.376 e. The van der Waals surface area contributed by atoms with Crippen molar-refractivity contribution in [3.8, 4) is 0 Å². The molecule has 0 spiro atoms. The van der Waals surface area contributed by atoms with Gasteiger partial charge in [-0.1, -0.05) is 0 Å². The number of H-pyrrole nitrogens is 1. The lowest BCUT2D eigenvalue weighted by Crippen LogP contribution is -2.37. The SMILES string of the molecule is CO[C@@H]1[C@H](COP(=O)(O)O)[C@@H](OCP(=O)(O)OC)O[C@H]1n1ccc(=O)[nH]c1=O. The van der Waals surface area contributed by atoms with Crippen molar-refractivity contribution in [2.45, 2.75) is 18.6 Å². The largest absolute Gasteiger partial charge is 0.469 e. The molecule has 4 N–H and O–H groups in total. The van der Waals surface area contributed by atoms with Gasteiger partial charge < -0.3 is 33.4 Å². The molecule has 0 bridgehead atoms. The van der Waals surface area contributed by atoms with Crippen molar-refractivity contribution in [1.82, 2.24) is 9.55 Å². The number of phosphoric ester groups is 1. The highest BCUT2D eigenvalue weighted by molar-refractivity contribution is 7.52. The molecule has 1 aliphatic heterocycles. The maximum atomic E-state index is 12.1. The molecule has 160 valence electrons. The minimum atomic E-state index is -4.86. The Hall–Kier alpha value is -1.18. The monoisotopic (exact) mass is 446 g/mol. The molecule has 1 aliphatic rings. The molecule has 1 aromatic rings. The van der Waals surface area contributed by atoms with E-state index in [1.807, 2.05) is 4.98 Å². The number of phosphoric acid groups is 1. The van der Waals surface area contributed by atoms with Gasteiger partial charge in [-0.3, -0.25) is 23.4 Å². The van der Waals surface area contributed by atoms with Gasteiger partial charge in [-0.25, -0.2) is 9.36 Å². The molecule has 1 unspecified atom stereocenters. The van der Waals surface area contributed by atoms with E-state index < -0.39 is 64.2 Å². The van der Waals surface area contributed by atoms with Gasteiger partial charge in [0.15, 0.2) is 18.9 Å². The zero-order valence-electron chi connectivity index (χ0n) is 14.7. The minimum Gasteiger partial charge on any atom is -0.376 e. The second-order valence-electron chi connectivity index (χ2n) is 5.68. The summed E-state index contributed by atoms with van der Waals surface area (Å²) in [5.74, 6) is -1.02. The molecular formula is C12H20N2O12P2. The van der Waals surface area contributed by atoms with Crippen molar-refractivity contribution in [3.05, 3.63) is 33.1 Å². The number of hydrogen-bond acceptors (Lipinski definition) is 9. The van der Waals surface area contributed by atoms with E-state index in [1.54, 1.807) is 0 Å². The fraction of sp³-hybridized carbons (Fsp3) is 0.667. The summed E-state index contributed by atoms with van der Waals surface area (Å²) in [6.07, 6.45) is -3.24. The summed E-state index contributed by atoms with van der Waals surface area (Å²) in [5, 5.41) is 0. The fourth-order valence-electron chi connectivity index (χ4n) is 2.56. The van der Waals surface area contributed by atoms with Crippen LogP contribution in [0.25, 0.3) is 0 Å². The molecule has 1 aromatic heterocycles. The number of aromatic amines is 1. The van der Waals surface area contributed by atoms with Crippen LogP contribution in [0.5, 0.6) is 0 Å². The summed E-state index contributed by atoms with van der Waals surface area (Å²) in [7, 11) is -6.71. The van der Waals surface area contributed by atoms with Crippen molar-refractivity contribution in [2.24, 2.45) is 5.92 Å². The summed E-state index contributed by atoms with van der Waals surface area (Å²) in [5.41, 5.74) is -1.48. The van der Waals surface area contributed by atoms with Crippen LogP contribution in [-0.4, -0.2) is 63.8 Å². The molecule has 0 saturated carbocycles. The molecular weight excluding hydrogens is 426 g/mol. The van der Waals surface area contributed by atoms with Crippen LogP contribution in [0, 0.1) is 5.92 Å². The Labute approximate surface area is 157 Å². The average molecular weight is 446 g/mol. The Kier molecular flexibility index (Phi) is 7.50. The highest BCUT2D eigenvalue weighted by Gasteiger charge is 2.48. The summed E-state index contributed by atoms with van der Waals surface area (Å²) < 4.78 is 48.6. The van der Waals surface area contributed by atoms with Crippen LogP contribution in [0.3, 0.4) is 0 Å². The molecule has 14 nitrogen and oxygen atoms in total. The summed E-state index contributed by atoms with van der Waals surface area (Å²) in [6, 6.07) is 1.06. The highest BCUT2D eigenvalue weighted by Crippen LogP contribution is 2.45. The maximum Gasteiger partial charge on any atom is 0.469 e. The molecule has 2 heterocycles. The second kappa shape index (κ2) is 9.09. The standard InChI is InChI=1S/C12H20N2O12P2/c1-22-9-7(5-25-28(19,20)21)11(24-6-27(17,18)23-2)26-10(9)14-4-3-8(15)13-12(14)16/h3-4,7,9-11H,5-6H2,1-2H3,(H,17,18)(H,13,15,16)(H2,19,20,21)/t7-,9+,10+,11-/m0/s1. The number of ether oxygens (including phenoxy) is 3. The first-order valence-corrected chi connectivity index (χ1v) is 11.0. The summed E-state index contributed by atoms with van der Waals surface area (Å²) in [4.78, 5) is 52.7. The van der Waals surface area contributed by atoms with Crippen molar-refractivity contribution in [3.63, 3.8) is 0 Å². The van der Waals surface area contributed by atoms with Gasteiger partial charge in [0.25, 0.3) is 5.56 Å². The summed E-state index contributed by atoms with van der Waals surface area (Å²) >= 11 is 0. The number of methoxy groups -OCH3 is 1. The third kappa shape index (κ3) is 5.91. The predicted molar refractivity (Wildman–Crippen MR) is 90.3 cm³/mol. The normalized spacial score (nSPS) is 27.6. The molecule has 1 fully saturated rings. The third-order valence-corrected chi connectivity index (χ3v) is 5.38. The van der Waals surface area contributed by atoms with Gasteiger partial charge in [-0.15, -0.1) is 0 Å². The quantitative estimate of drug-likeness (QED) is 0.336. The van der Waals surface area contributed by atoms with Gasteiger partial charge >= 0.3 is 21.1 Å². The van der Waals surface area contributed by atoms with Crippen LogP contribution in [0.1, 0.15) is 6.23 Å². The molecule has 1 saturated heterocycles. The zero-order valence-corrected chi connectivity index (χ0v) is 16.5. The summed E-state index contributed by atoms with van der Waals surface area (Å²) in [6.45, 7) is -0.620. The lowest BCUT2D eigenvalue weighted by Gasteiger charge is -2.23. The van der Waals surface area contributed by atoms with E-state index in [2.05, 4.69) is 9.05 Å². The molecule has 0 aromatic carbocycles. The lowest BCUT2D eigenvalue weighted by molar-refractivity contribution is -0.160. The van der Waals surface area contributed by atoms with Crippen LogP contribution < -0.4 is 11.2 Å². The van der Waals surface area contributed by atoms with Crippen LogP contribution >= 0.6 is 15.4 Å². The van der Waals surface area contributed by atoms with Crippen molar-refractivity contribution in [2.75, 3.05) is 27.2 Å². The number of hydrogen-bond donors (Lipinski definition) is 4. The van der Waals surface area contributed by atoms with Crippen molar-refractivity contribution in [1.29, 1.82) is 0 Å². The molecule has 16 heteroatoms. The first-order chi connectivity index (χ1) is 13.0. The molecule has 28 heavy (non-hydrogen) atoms. The molecule has 0 aliphatic carbocycles. The van der Waals surface area contributed by atoms with Gasteiger partial charge in [-0.05, 0) is 0 Å². The van der Waals surface area contributed by atoms with Crippen molar-refractivity contribution >= 4 is 15.4 Å². The lowest BCUT2D eigenvalue weighted by atomic mass is 10.0. The Morgan fingerprint density at radius 1 is 1.25 bits per heavy atom. The Balaban J connectivity index is 2.32. The highest BCUT2D eigenvalue weighted by atomic mass is 31.2. The fourth-order valence-corrected chi connectivity index (χ4v) is 3.37. The Bertz CT molecular complexity index is 878. The minimum absolute atomic E-state index is 0.620. The topological polar surface area (TPSA) is 196 Å². The zero-order chi connectivity index (χ0) is 21.1. The van der Waals surface area contributed by atoms with Gasteiger partial charge in [0.1, 0.15) is 6.10 Å². The number of rotatable bonds is 9. The molecule has 2 rings (SSSR count). The van der Waals surface area contributed by atoms with Crippen LogP contribution in [-0.2, 0) is 32.4 Å². The van der Waals surface area contributed by atoms with E-state index in [1.165, 1.54) is 7.11 Å². The van der Waals surface area contributed by atoms with Crippen molar-refractivity contribution < 1.29 is 47.1 Å². The maximum absolute atomic E-state index is 12.1. The predicted octanol–water partition coefficient (Wildman–Crippen LogP) is -1.06. The van der Waals surface area contributed by atoms with Gasteiger partial charge in [0.2, 0.25) is 0 Å². The van der Waals surface area contributed by atoms with E-state index in [4.69, 9.17) is 24.0 Å². The van der Waals surface area contributed by atoms with E-state index in [-0.39, 0.29) is 0 Å². The molecule has 0 amide bonds. The van der Waals surface area contributed by atoms with Gasteiger partial charge in [0.05, 0.1) is 12.5 Å². The van der Waals surface area contributed by atoms with Gasteiger partial charge in [-0.2, -0.15) is 0 Å². The molecule has 0 radical (unpaired) electrons. The number of aromatic nitrogens is 2. The number of nitrogens with one attached hydrogen (secondary N) is 1. The Morgan fingerprint density at radius 3 is 2.46 bits per heavy atom.